The molecule has 3 amide bonds. The molecule has 1 aromatic rings. The number of aromatic nitrogens is 2. The van der Waals surface area contributed by atoms with E-state index in [1.807, 2.05) is 0 Å². The summed E-state index contributed by atoms with van der Waals surface area (Å²) in [5, 5.41) is 7.90. The van der Waals surface area contributed by atoms with Crippen LogP contribution < -0.4 is 10.9 Å². The van der Waals surface area contributed by atoms with Crippen LogP contribution in [0.1, 0.15) is 10.5 Å². The minimum Gasteiger partial charge on any atom is -0.349 e. The summed E-state index contributed by atoms with van der Waals surface area (Å²) in [4.78, 5) is 46.0. The summed E-state index contributed by atoms with van der Waals surface area (Å²) in [5.41, 5.74) is -0.338. The number of amides is 3. The van der Waals surface area contributed by atoms with Crippen LogP contribution in [-0.2, 0) is 4.79 Å². The van der Waals surface area contributed by atoms with E-state index in [0.717, 1.165) is 16.7 Å². The predicted octanol–water partition coefficient (Wildman–Crippen LogP) is -0.805. The lowest BCUT2D eigenvalue weighted by Crippen LogP contribution is -2.37. The highest BCUT2D eigenvalue weighted by Gasteiger charge is 2.29. The van der Waals surface area contributed by atoms with Crippen LogP contribution in [-0.4, -0.2) is 51.0 Å². The minimum atomic E-state index is -0.483. The van der Waals surface area contributed by atoms with Crippen molar-refractivity contribution in [1.82, 2.24) is 20.4 Å². The molecule has 1 aliphatic rings. The van der Waals surface area contributed by atoms with Gasteiger partial charge in [0.25, 0.3) is 16.7 Å². The number of nitrogens with zero attached hydrogens (tertiary/aromatic N) is 2. The van der Waals surface area contributed by atoms with Crippen molar-refractivity contribution < 1.29 is 14.4 Å². The number of rotatable bonds is 4. The second-order valence-electron chi connectivity index (χ2n) is 3.66. The Kier molecular flexibility index (Phi) is 3.95. The maximum absolute atomic E-state index is 11.6. The molecular weight excluding hydrogens is 272 g/mol. The van der Waals surface area contributed by atoms with Crippen molar-refractivity contribution in [3.8, 4) is 0 Å². The Labute approximate surface area is 111 Å². The molecule has 2 heterocycles. The zero-order chi connectivity index (χ0) is 13.8. The predicted molar refractivity (Wildman–Crippen MR) is 66.8 cm³/mol. The van der Waals surface area contributed by atoms with Crippen LogP contribution in [0.25, 0.3) is 0 Å². The average molecular weight is 282 g/mol. The average Bonchev–Trinajstić information content (AvgIpc) is 2.71. The topological polar surface area (TPSA) is 112 Å². The molecule has 2 rings (SSSR count). The zero-order valence-corrected chi connectivity index (χ0v) is 10.5. The maximum Gasteiger partial charge on any atom is 0.288 e. The molecular formula is C10H10N4O4S. The molecule has 1 aliphatic heterocycles. The van der Waals surface area contributed by atoms with Crippen LogP contribution in [0.5, 0.6) is 0 Å². The van der Waals surface area contributed by atoms with E-state index >= 15 is 0 Å². The number of carbonyl (C=O) groups excluding carboxylic acids is 3. The van der Waals surface area contributed by atoms with E-state index in [1.165, 1.54) is 12.1 Å². The Morgan fingerprint density at radius 2 is 2.21 bits per heavy atom. The van der Waals surface area contributed by atoms with Crippen molar-refractivity contribution >= 4 is 28.8 Å². The van der Waals surface area contributed by atoms with Gasteiger partial charge < -0.3 is 5.32 Å². The highest BCUT2D eigenvalue weighted by Crippen LogP contribution is 2.17. The van der Waals surface area contributed by atoms with Crippen molar-refractivity contribution in [3.05, 3.63) is 28.2 Å². The Morgan fingerprint density at radius 1 is 1.42 bits per heavy atom. The lowest BCUT2D eigenvalue weighted by atomic mass is 10.3. The van der Waals surface area contributed by atoms with Gasteiger partial charge in [-0.25, -0.2) is 5.10 Å². The normalized spacial score (nSPS) is 14.8. The number of nitrogens with one attached hydrogen (secondary N) is 2. The molecule has 8 nitrogen and oxygen atoms in total. The lowest BCUT2D eigenvalue weighted by Gasteiger charge is -2.12. The van der Waals surface area contributed by atoms with Crippen molar-refractivity contribution in [2.45, 2.75) is 0 Å². The summed E-state index contributed by atoms with van der Waals surface area (Å²) in [7, 11) is 0. The molecule has 0 aliphatic carbocycles. The highest BCUT2D eigenvalue weighted by molar-refractivity contribution is 8.14. The molecule has 1 saturated heterocycles. The molecule has 2 N–H and O–H groups in total. The minimum absolute atomic E-state index is 0.0630. The van der Waals surface area contributed by atoms with Gasteiger partial charge in [0.2, 0.25) is 5.91 Å². The third-order valence-corrected chi connectivity index (χ3v) is 3.23. The molecule has 0 spiro atoms. The largest absolute Gasteiger partial charge is 0.349 e. The zero-order valence-electron chi connectivity index (χ0n) is 9.71. The summed E-state index contributed by atoms with van der Waals surface area (Å²) in [6.07, 6.45) is 0. The SMILES string of the molecule is O=C(NCCN1C(=O)CSC1=O)c1ccc(=O)[nH]n1. The quantitative estimate of drug-likeness (QED) is 0.747. The fourth-order valence-corrected chi connectivity index (χ4v) is 2.19. The van der Waals surface area contributed by atoms with Crippen LogP contribution in [0, 0.1) is 0 Å². The van der Waals surface area contributed by atoms with Crippen LogP contribution in [0.15, 0.2) is 16.9 Å². The number of hydrogen-bond donors (Lipinski definition) is 2. The maximum atomic E-state index is 11.6. The van der Waals surface area contributed by atoms with Crippen LogP contribution in [0.4, 0.5) is 4.79 Å². The van der Waals surface area contributed by atoms with Gasteiger partial charge in [0.05, 0.1) is 5.75 Å². The summed E-state index contributed by atoms with van der Waals surface area (Å²) >= 11 is 0.943. The molecule has 1 fully saturated rings. The highest BCUT2D eigenvalue weighted by atomic mass is 32.2. The summed E-state index contributed by atoms with van der Waals surface area (Å²) in [6, 6.07) is 2.47. The van der Waals surface area contributed by atoms with Crippen molar-refractivity contribution in [2.75, 3.05) is 18.8 Å². The second-order valence-corrected chi connectivity index (χ2v) is 4.59. The van der Waals surface area contributed by atoms with Crippen molar-refractivity contribution in [1.29, 1.82) is 0 Å². The van der Waals surface area contributed by atoms with Crippen LogP contribution in [0.3, 0.4) is 0 Å². The number of carbonyl (C=O) groups is 3. The molecule has 0 unspecified atom stereocenters. The van der Waals surface area contributed by atoms with E-state index in [-0.39, 0.29) is 35.7 Å². The summed E-state index contributed by atoms with van der Waals surface area (Å²) in [5.74, 6) is -0.594. The van der Waals surface area contributed by atoms with Crippen molar-refractivity contribution in [3.63, 3.8) is 0 Å². The van der Waals surface area contributed by atoms with E-state index < -0.39 is 11.5 Å². The molecule has 19 heavy (non-hydrogen) atoms. The molecule has 0 saturated carbocycles. The van der Waals surface area contributed by atoms with Gasteiger partial charge in [-0.05, 0) is 6.07 Å². The van der Waals surface area contributed by atoms with Gasteiger partial charge >= 0.3 is 0 Å². The Morgan fingerprint density at radius 3 is 2.79 bits per heavy atom. The Balaban J connectivity index is 1.84. The van der Waals surface area contributed by atoms with Crippen LogP contribution >= 0.6 is 11.8 Å². The Bertz CT molecular complexity index is 549. The smallest absolute Gasteiger partial charge is 0.288 e. The van der Waals surface area contributed by atoms with E-state index in [2.05, 4.69) is 15.5 Å². The van der Waals surface area contributed by atoms with Gasteiger partial charge in [-0.1, -0.05) is 11.8 Å². The second kappa shape index (κ2) is 5.65. The summed E-state index contributed by atoms with van der Waals surface area (Å²) in [6.45, 7) is 0.261. The molecule has 0 aromatic carbocycles. The number of aromatic amines is 1. The monoisotopic (exact) mass is 282 g/mol. The van der Waals surface area contributed by atoms with E-state index in [4.69, 9.17) is 0 Å². The van der Waals surface area contributed by atoms with E-state index in [9.17, 15) is 19.2 Å². The number of imide groups is 1. The molecule has 100 valence electrons. The first kappa shape index (κ1) is 13.3. The number of H-pyrrole nitrogens is 1. The van der Waals surface area contributed by atoms with E-state index in [0.29, 0.717) is 0 Å². The molecule has 0 radical (unpaired) electrons. The first-order valence-corrected chi connectivity index (χ1v) is 6.37. The van der Waals surface area contributed by atoms with Gasteiger partial charge in [0.15, 0.2) is 0 Å². The van der Waals surface area contributed by atoms with Gasteiger partial charge in [-0.3, -0.25) is 24.1 Å². The third kappa shape index (κ3) is 3.19. The van der Waals surface area contributed by atoms with E-state index in [1.54, 1.807) is 0 Å². The van der Waals surface area contributed by atoms with Gasteiger partial charge in [0, 0.05) is 19.2 Å². The third-order valence-electron chi connectivity index (χ3n) is 2.37. The molecule has 0 bridgehead atoms. The Hall–Kier alpha value is -2.16. The summed E-state index contributed by atoms with van der Waals surface area (Å²) < 4.78 is 0. The fourth-order valence-electron chi connectivity index (χ4n) is 1.44. The number of hydrogen-bond acceptors (Lipinski definition) is 6. The first-order valence-electron chi connectivity index (χ1n) is 5.39. The molecule has 0 atom stereocenters. The van der Waals surface area contributed by atoms with Crippen molar-refractivity contribution in [2.24, 2.45) is 0 Å². The number of thioether (sulfide) groups is 1. The fraction of sp³-hybridized carbons (Fsp3) is 0.300. The van der Waals surface area contributed by atoms with Gasteiger partial charge in [-0.2, -0.15) is 5.10 Å². The standard InChI is InChI=1S/C10H10N4O4S/c15-7-2-1-6(12-13-7)9(17)11-3-4-14-8(16)5-19-10(14)18/h1-2H,3-5H2,(H,11,17)(H,13,15). The molecule has 1 aromatic heterocycles. The van der Waals surface area contributed by atoms with Gasteiger partial charge in [-0.15, -0.1) is 0 Å². The first-order chi connectivity index (χ1) is 9.08. The van der Waals surface area contributed by atoms with Crippen LogP contribution in [0.2, 0.25) is 0 Å². The van der Waals surface area contributed by atoms with Gasteiger partial charge in [0.1, 0.15) is 5.69 Å². The molecule has 9 heteroatoms. The lowest BCUT2D eigenvalue weighted by molar-refractivity contribution is -0.124.